The summed E-state index contributed by atoms with van der Waals surface area (Å²) in [6, 6.07) is 3.70. The topological polar surface area (TPSA) is 20.3 Å². The summed E-state index contributed by atoms with van der Waals surface area (Å²) in [7, 11) is 0. The number of hydrogen-bond acceptors (Lipinski definition) is 1. The second-order valence-corrected chi connectivity index (χ2v) is 4.39. The molecular formula is C13H15F2NO. The molecule has 1 aliphatic carbocycles. The van der Waals surface area contributed by atoms with Gasteiger partial charge in [-0.15, -0.1) is 0 Å². The molecule has 2 nitrogen and oxygen atoms in total. The van der Waals surface area contributed by atoms with Crippen molar-refractivity contribution in [2.24, 2.45) is 5.92 Å². The average Bonchev–Trinajstić information content (AvgIpc) is 3.13. The van der Waals surface area contributed by atoms with Gasteiger partial charge >= 0.3 is 0 Å². The Morgan fingerprint density at radius 2 is 2.12 bits per heavy atom. The Morgan fingerprint density at radius 1 is 1.41 bits per heavy atom. The molecule has 0 heterocycles. The fraction of sp³-hybridized carbons (Fsp3) is 0.462. The number of benzene rings is 1. The van der Waals surface area contributed by atoms with Crippen LogP contribution < -0.4 is 0 Å². The van der Waals surface area contributed by atoms with Crippen LogP contribution in [0, 0.1) is 17.6 Å². The zero-order valence-electron chi connectivity index (χ0n) is 9.75. The predicted molar refractivity (Wildman–Crippen MR) is 60.7 cm³/mol. The number of amides is 1. The summed E-state index contributed by atoms with van der Waals surface area (Å²) >= 11 is 0. The summed E-state index contributed by atoms with van der Waals surface area (Å²) in [5.41, 5.74) is -0.174. The second-order valence-electron chi connectivity index (χ2n) is 4.39. The standard InChI is InChI=1S/C13H15F2NO/c1-2-16(8-9-6-7-9)13(17)10-4-3-5-11(14)12(10)15/h3-5,9H,2,6-8H2,1H3. The quantitative estimate of drug-likeness (QED) is 0.791. The summed E-state index contributed by atoms with van der Waals surface area (Å²) in [5, 5.41) is 0. The van der Waals surface area contributed by atoms with Gasteiger partial charge in [-0.3, -0.25) is 4.79 Å². The van der Waals surface area contributed by atoms with E-state index in [1.54, 1.807) is 4.90 Å². The molecule has 0 spiro atoms. The third-order valence-electron chi connectivity index (χ3n) is 3.03. The first kappa shape index (κ1) is 12.0. The van der Waals surface area contributed by atoms with Crippen molar-refractivity contribution in [3.8, 4) is 0 Å². The summed E-state index contributed by atoms with van der Waals surface area (Å²) in [6.45, 7) is 3.01. The van der Waals surface area contributed by atoms with Crippen molar-refractivity contribution >= 4 is 5.91 Å². The van der Waals surface area contributed by atoms with E-state index in [0.717, 1.165) is 18.9 Å². The highest BCUT2D eigenvalue weighted by molar-refractivity contribution is 5.94. The lowest BCUT2D eigenvalue weighted by Gasteiger charge is -2.21. The van der Waals surface area contributed by atoms with E-state index >= 15 is 0 Å². The fourth-order valence-corrected chi connectivity index (χ4v) is 1.81. The zero-order chi connectivity index (χ0) is 12.4. The molecule has 0 radical (unpaired) electrons. The van der Waals surface area contributed by atoms with Gasteiger partial charge in [-0.05, 0) is 37.8 Å². The maximum Gasteiger partial charge on any atom is 0.256 e. The maximum absolute atomic E-state index is 13.5. The van der Waals surface area contributed by atoms with Gasteiger partial charge in [-0.25, -0.2) is 8.78 Å². The molecular weight excluding hydrogens is 224 g/mol. The van der Waals surface area contributed by atoms with Crippen LogP contribution in [0.2, 0.25) is 0 Å². The van der Waals surface area contributed by atoms with E-state index < -0.39 is 17.5 Å². The van der Waals surface area contributed by atoms with Crippen molar-refractivity contribution in [1.29, 1.82) is 0 Å². The van der Waals surface area contributed by atoms with Crippen LogP contribution >= 0.6 is 0 Å². The molecule has 2 rings (SSSR count). The normalized spacial score (nSPS) is 14.8. The first-order chi connectivity index (χ1) is 8.13. The van der Waals surface area contributed by atoms with E-state index in [1.807, 2.05) is 6.92 Å². The molecule has 0 aromatic heterocycles. The van der Waals surface area contributed by atoms with Gasteiger partial charge in [-0.2, -0.15) is 0 Å². The summed E-state index contributed by atoms with van der Waals surface area (Å²) < 4.78 is 26.5. The minimum atomic E-state index is -1.05. The molecule has 0 saturated heterocycles. The monoisotopic (exact) mass is 239 g/mol. The number of hydrogen-bond donors (Lipinski definition) is 0. The van der Waals surface area contributed by atoms with Crippen molar-refractivity contribution in [2.75, 3.05) is 13.1 Å². The van der Waals surface area contributed by atoms with Crippen LogP contribution in [0.15, 0.2) is 18.2 Å². The zero-order valence-corrected chi connectivity index (χ0v) is 9.75. The molecule has 1 aromatic rings. The van der Waals surface area contributed by atoms with E-state index in [9.17, 15) is 13.6 Å². The molecule has 0 aliphatic heterocycles. The Kier molecular flexibility index (Phi) is 3.41. The minimum Gasteiger partial charge on any atom is -0.339 e. The highest BCUT2D eigenvalue weighted by atomic mass is 19.2. The second kappa shape index (κ2) is 4.82. The summed E-state index contributed by atoms with van der Waals surface area (Å²) in [5.74, 6) is -1.91. The first-order valence-corrected chi connectivity index (χ1v) is 5.86. The van der Waals surface area contributed by atoms with E-state index in [2.05, 4.69) is 0 Å². The Balaban J connectivity index is 2.18. The fourth-order valence-electron chi connectivity index (χ4n) is 1.81. The predicted octanol–water partition coefficient (Wildman–Crippen LogP) is 2.84. The Morgan fingerprint density at radius 3 is 2.71 bits per heavy atom. The molecule has 17 heavy (non-hydrogen) atoms. The van der Waals surface area contributed by atoms with E-state index in [1.165, 1.54) is 12.1 Å². The summed E-state index contributed by atoms with van der Waals surface area (Å²) in [4.78, 5) is 13.6. The maximum atomic E-state index is 13.5. The molecule has 0 atom stereocenters. The number of rotatable bonds is 4. The molecule has 1 aromatic carbocycles. The third-order valence-corrected chi connectivity index (χ3v) is 3.03. The van der Waals surface area contributed by atoms with Crippen LogP contribution in [0.1, 0.15) is 30.1 Å². The van der Waals surface area contributed by atoms with Crippen molar-refractivity contribution < 1.29 is 13.6 Å². The number of carbonyl (C=O) groups excluding carboxylic acids is 1. The van der Waals surface area contributed by atoms with Crippen LogP contribution in [0.4, 0.5) is 8.78 Å². The first-order valence-electron chi connectivity index (χ1n) is 5.86. The molecule has 1 amide bonds. The van der Waals surface area contributed by atoms with Gasteiger partial charge in [0.2, 0.25) is 0 Å². The molecule has 0 unspecified atom stereocenters. The van der Waals surface area contributed by atoms with E-state index in [-0.39, 0.29) is 5.56 Å². The SMILES string of the molecule is CCN(CC1CC1)C(=O)c1cccc(F)c1F. The van der Waals surface area contributed by atoms with Crippen molar-refractivity contribution in [2.45, 2.75) is 19.8 Å². The number of nitrogens with zero attached hydrogens (tertiary/aromatic N) is 1. The lowest BCUT2D eigenvalue weighted by molar-refractivity contribution is 0.0751. The van der Waals surface area contributed by atoms with Crippen LogP contribution in [0.5, 0.6) is 0 Å². The summed E-state index contributed by atoms with van der Waals surface area (Å²) in [6.07, 6.45) is 2.24. The average molecular weight is 239 g/mol. The van der Waals surface area contributed by atoms with Gasteiger partial charge in [0.1, 0.15) is 0 Å². The Labute approximate surface area is 99.2 Å². The van der Waals surface area contributed by atoms with E-state index in [4.69, 9.17) is 0 Å². The van der Waals surface area contributed by atoms with Crippen LogP contribution in [-0.2, 0) is 0 Å². The molecule has 1 aliphatic rings. The van der Waals surface area contributed by atoms with Gasteiger partial charge in [-0.1, -0.05) is 6.07 Å². The Bertz CT molecular complexity index is 429. The van der Waals surface area contributed by atoms with Crippen LogP contribution in [-0.4, -0.2) is 23.9 Å². The molecule has 92 valence electrons. The highest BCUT2D eigenvalue weighted by Crippen LogP contribution is 2.30. The van der Waals surface area contributed by atoms with Gasteiger partial charge < -0.3 is 4.90 Å². The largest absolute Gasteiger partial charge is 0.339 e. The Hall–Kier alpha value is -1.45. The van der Waals surface area contributed by atoms with Gasteiger partial charge in [0, 0.05) is 13.1 Å². The lowest BCUT2D eigenvalue weighted by Crippen LogP contribution is -2.33. The highest BCUT2D eigenvalue weighted by Gasteiger charge is 2.27. The molecule has 1 saturated carbocycles. The molecule has 0 bridgehead atoms. The molecule has 1 fully saturated rings. The molecule has 0 N–H and O–H groups in total. The number of carbonyl (C=O) groups is 1. The van der Waals surface area contributed by atoms with Crippen molar-refractivity contribution in [1.82, 2.24) is 4.90 Å². The van der Waals surface area contributed by atoms with Gasteiger partial charge in [0.15, 0.2) is 11.6 Å². The smallest absolute Gasteiger partial charge is 0.256 e. The van der Waals surface area contributed by atoms with E-state index in [0.29, 0.717) is 19.0 Å². The van der Waals surface area contributed by atoms with Gasteiger partial charge in [0.25, 0.3) is 5.91 Å². The van der Waals surface area contributed by atoms with Crippen LogP contribution in [0.3, 0.4) is 0 Å². The van der Waals surface area contributed by atoms with Gasteiger partial charge in [0.05, 0.1) is 5.56 Å². The lowest BCUT2D eigenvalue weighted by atomic mass is 10.1. The third kappa shape index (κ3) is 2.62. The minimum absolute atomic E-state index is 0.174. The number of halogens is 2. The van der Waals surface area contributed by atoms with Crippen molar-refractivity contribution in [3.05, 3.63) is 35.4 Å². The molecule has 4 heteroatoms. The van der Waals surface area contributed by atoms with Crippen molar-refractivity contribution in [3.63, 3.8) is 0 Å². The van der Waals surface area contributed by atoms with Crippen LogP contribution in [0.25, 0.3) is 0 Å².